The molecular weight excluding hydrogens is 594 g/mol. The number of carbonyl (C=O) groups is 3. The normalized spacial score (nSPS) is 13.8. The van der Waals surface area contributed by atoms with E-state index in [4.69, 9.17) is 17.2 Å². The number of aliphatic hydroxyl groups is 1. The smallest absolute Gasteiger partial charge is 0.406 e. The minimum atomic E-state index is -4.99. The Morgan fingerprint density at radius 1 is 0.814 bits per heavy atom. The van der Waals surface area contributed by atoms with Gasteiger partial charge >= 0.3 is 12.7 Å². The average molecular weight is 625 g/mol. The maximum atomic E-state index is 13.1. The van der Waals surface area contributed by atoms with E-state index in [1.54, 1.807) is 0 Å². The summed E-state index contributed by atoms with van der Waals surface area (Å²) in [6.45, 7) is 0.485. The number of ether oxygens (including phenoxy) is 2. The van der Waals surface area contributed by atoms with Gasteiger partial charge < -0.3 is 47.3 Å². The third kappa shape index (κ3) is 11.9. The van der Waals surface area contributed by atoms with Crippen LogP contribution in [0.2, 0.25) is 0 Å². The number of nitrogens with zero attached hydrogens (tertiary/aromatic N) is 1. The number of benzene rings is 2. The summed E-state index contributed by atoms with van der Waals surface area (Å²) in [6.07, 6.45) is -12.4. The van der Waals surface area contributed by atoms with Crippen LogP contribution in [0.15, 0.2) is 48.5 Å². The van der Waals surface area contributed by atoms with Gasteiger partial charge in [0.15, 0.2) is 0 Å². The first kappa shape index (κ1) is 35.1. The van der Waals surface area contributed by atoms with E-state index in [9.17, 15) is 45.8 Å². The topological polar surface area (TPSA) is 195 Å². The molecule has 0 aliphatic carbocycles. The fourth-order valence-corrected chi connectivity index (χ4v) is 3.65. The van der Waals surface area contributed by atoms with Crippen LogP contribution in [0.25, 0.3) is 0 Å². The number of rotatable bonds is 14. The SMILES string of the molecule is NCCN(CCN)C(=O)C[C@H](N)C(=O)N[C@H](C(=O)Nc1ccc(OC(F)(F)F)cc1)[C@H](O)c1ccc(OC(F)(F)F)cc1. The quantitative estimate of drug-likeness (QED) is 0.167. The fraction of sp³-hybridized carbons (Fsp3) is 0.400. The molecule has 2 rings (SSSR count). The average Bonchev–Trinajstić information content (AvgIpc) is 2.90. The first-order valence-electron chi connectivity index (χ1n) is 12.5. The molecule has 3 amide bonds. The Morgan fingerprint density at radius 2 is 1.28 bits per heavy atom. The molecule has 0 saturated carbocycles. The Labute approximate surface area is 241 Å². The first-order valence-corrected chi connectivity index (χ1v) is 12.5. The van der Waals surface area contributed by atoms with E-state index in [2.05, 4.69) is 20.1 Å². The number of carbonyl (C=O) groups excluding carboxylic acids is 3. The number of amides is 3. The maximum Gasteiger partial charge on any atom is 0.573 e. The number of alkyl halides is 6. The van der Waals surface area contributed by atoms with E-state index >= 15 is 0 Å². The van der Waals surface area contributed by atoms with E-state index in [0.29, 0.717) is 0 Å². The molecule has 0 aromatic heterocycles. The van der Waals surface area contributed by atoms with Gasteiger partial charge in [-0.3, -0.25) is 14.4 Å². The van der Waals surface area contributed by atoms with Crippen LogP contribution in [0.3, 0.4) is 0 Å². The lowest BCUT2D eigenvalue weighted by molar-refractivity contribution is -0.275. The number of anilines is 1. The van der Waals surface area contributed by atoms with E-state index in [0.717, 1.165) is 48.5 Å². The van der Waals surface area contributed by atoms with Crippen molar-refractivity contribution >= 4 is 23.4 Å². The predicted octanol–water partition coefficient (Wildman–Crippen LogP) is 1.10. The van der Waals surface area contributed by atoms with Crippen molar-refractivity contribution in [3.63, 3.8) is 0 Å². The lowest BCUT2D eigenvalue weighted by atomic mass is 10.0. The fourth-order valence-electron chi connectivity index (χ4n) is 3.65. The van der Waals surface area contributed by atoms with E-state index in [1.807, 2.05) is 0 Å². The van der Waals surface area contributed by atoms with Crippen molar-refractivity contribution in [2.45, 2.75) is 37.3 Å². The highest BCUT2D eigenvalue weighted by atomic mass is 19.4. The molecule has 0 spiro atoms. The van der Waals surface area contributed by atoms with Crippen LogP contribution in [-0.2, 0) is 14.4 Å². The van der Waals surface area contributed by atoms with Gasteiger partial charge in [0.05, 0.1) is 12.5 Å². The summed E-state index contributed by atoms with van der Waals surface area (Å²) in [5.41, 5.74) is 16.6. The second-order valence-electron chi connectivity index (χ2n) is 8.88. The van der Waals surface area contributed by atoms with Crippen molar-refractivity contribution in [2.24, 2.45) is 17.2 Å². The Kier molecular flexibility index (Phi) is 12.5. The molecule has 0 saturated heterocycles. The highest BCUT2D eigenvalue weighted by molar-refractivity contribution is 5.99. The zero-order valence-corrected chi connectivity index (χ0v) is 22.3. The van der Waals surface area contributed by atoms with Crippen LogP contribution in [0, 0.1) is 0 Å². The van der Waals surface area contributed by atoms with E-state index in [1.165, 1.54) is 4.90 Å². The van der Waals surface area contributed by atoms with E-state index < -0.39 is 66.6 Å². The molecule has 2 aromatic rings. The minimum absolute atomic E-state index is 0.0708. The summed E-state index contributed by atoms with van der Waals surface area (Å²) in [6, 6.07) is 4.22. The maximum absolute atomic E-state index is 13.1. The molecule has 0 aliphatic heterocycles. The Hall–Kier alpha value is -4.13. The van der Waals surface area contributed by atoms with E-state index in [-0.39, 0.29) is 37.4 Å². The lowest BCUT2D eigenvalue weighted by Gasteiger charge is -2.26. The molecule has 0 unspecified atom stereocenters. The molecule has 2 aromatic carbocycles. The molecule has 0 heterocycles. The first-order chi connectivity index (χ1) is 20.0. The van der Waals surface area contributed by atoms with Gasteiger partial charge in [0, 0.05) is 31.9 Å². The molecular formula is C25H30F6N6O6. The number of aliphatic hydroxyl groups excluding tert-OH is 1. The zero-order valence-electron chi connectivity index (χ0n) is 22.3. The third-order valence-corrected chi connectivity index (χ3v) is 5.59. The van der Waals surface area contributed by atoms with Crippen molar-refractivity contribution in [1.29, 1.82) is 0 Å². The number of halogens is 6. The molecule has 9 N–H and O–H groups in total. The van der Waals surface area contributed by atoms with Crippen molar-refractivity contribution < 1.29 is 55.3 Å². The molecule has 12 nitrogen and oxygen atoms in total. The van der Waals surface area contributed by atoms with Crippen LogP contribution in [0.1, 0.15) is 18.1 Å². The second kappa shape index (κ2) is 15.4. The Bertz CT molecular complexity index is 1210. The van der Waals surface area contributed by atoms with Gasteiger partial charge in [-0.25, -0.2) is 0 Å². The monoisotopic (exact) mass is 624 g/mol. The van der Waals surface area contributed by atoms with Crippen molar-refractivity contribution in [2.75, 3.05) is 31.5 Å². The molecule has 43 heavy (non-hydrogen) atoms. The summed E-state index contributed by atoms with van der Waals surface area (Å²) < 4.78 is 82.3. The Balaban J connectivity index is 2.26. The van der Waals surface area contributed by atoms with Crippen LogP contribution < -0.4 is 37.3 Å². The second-order valence-corrected chi connectivity index (χ2v) is 8.88. The zero-order chi connectivity index (χ0) is 32.4. The van der Waals surface area contributed by atoms with Gasteiger partial charge in [-0.05, 0) is 42.0 Å². The molecule has 18 heteroatoms. The molecule has 0 fully saturated rings. The summed E-state index contributed by atoms with van der Waals surface area (Å²) in [5, 5.41) is 15.4. The summed E-state index contributed by atoms with van der Waals surface area (Å²) >= 11 is 0. The van der Waals surface area contributed by atoms with Crippen LogP contribution in [-0.4, -0.2) is 78.7 Å². The van der Waals surface area contributed by atoms with Crippen molar-refractivity contribution in [3.8, 4) is 11.5 Å². The molecule has 238 valence electrons. The molecule has 0 bridgehead atoms. The minimum Gasteiger partial charge on any atom is -0.406 e. The Morgan fingerprint density at radius 3 is 1.72 bits per heavy atom. The predicted molar refractivity (Wildman–Crippen MR) is 139 cm³/mol. The van der Waals surface area contributed by atoms with Gasteiger partial charge in [0.2, 0.25) is 17.7 Å². The molecule has 3 atom stereocenters. The van der Waals surface area contributed by atoms with Gasteiger partial charge in [-0.15, -0.1) is 26.3 Å². The highest BCUT2D eigenvalue weighted by Crippen LogP contribution is 2.27. The third-order valence-electron chi connectivity index (χ3n) is 5.59. The standard InChI is InChI=1S/C25H30F6N6O6/c26-24(27,28)42-16-5-1-14(2-6-16)21(39)20(23(41)35-15-3-7-17(8-4-15)43-25(29,30)31)36-22(40)18(34)13-19(38)37(11-9-32)12-10-33/h1-8,18,20-21,39H,9-13,32-34H2,(H,35,41)(H,36,40)/t18-,20-,21+/m0/s1. The van der Waals surface area contributed by atoms with Gasteiger partial charge in [-0.2, -0.15) is 0 Å². The van der Waals surface area contributed by atoms with Crippen molar-refractivity contribution in [1.82, 2.24) is 10.2 Å². The number of hydrogen-bond acceptors (Lipinski definition) is 9. The summed E-state index contributed by atoms with van der Waals surface area (Å²) in [5.74, 6) is -3.94. The summed E-state index contributed by atoms with van der Waals surface area (Å²) in [4.78, 5) is 39.9. The lowest BCUT2D eigenvalue weighted by Crippen LogP contribution is -2.53. The number of nitrogens with two attached hydrogens (primary N) is 3. The van der Waals surface area contributed by atoms with Gasteiger partial charge in [-0.1, -0.05) is 12.1 Å². The largest absolute Gasteiger partial charge is 0.573 e. The highest BCUT2D eigenvalue weighted by Gasteiger charge is 2.34. The van der Waals surface area contributed by atoms with Gasteiger partial charge in [0.1, 0.15) is 23.6 Å². The summed E-state index contributed by atoms with van der Waals surface area (Å²) in [7, 11) is 0. The van der Waals surface area contributed by atoms with Gasteiger partial charge in [0.25, 0.3) is 0 Å². The number of nitrogens with one attached hydrogen (secondary N) is 2. The number of hydrogen-bond donors (Lipinski definition) is 6. The van der Waals surface area contributed by atoms with Crippen molar-refractivity contribution in [3.05, 3.63) is 54.1 Å². The molecule has 0 radical (unpaired) electrons. The van der Waals surface area contributed by atoms with Crippen LogP contribution in [0.5, 0.6) is 11.5 Å². The molecule has 0 aliphatic rings. The van der Waals surface area contributed by atoms with Crippen LogP contribution >= 0.6 is 0 Å². The van der Waals surface area contributed by atoms with Crippen LogP contribution in [0.4, 0.5) is 32.0 Å².